The summed E-state index contributed by atoms with van der Waals surface area (Å²) in [4.78, 5) is 22.1. The lowest BCUT2D eigenvalue weighted by Gasteiger charge is -2.13. The van der Waals surface area contributed by atoms with E-state index in [1.807, 2.05) is 0 Å². The van der Waals surface area contributed by atoms with Crippen molar-refractivity contribution in [3.63, 3.8) is 0 Å². The van der Waals surface area contributed by atoms with Crippen LogP contribution >= 0.6 is 0 Å². The number of urea groups is 1. The zero-order valence-corrected chi connectivity index (χ0v) is 9.16. The first-order valence-corrected chi connectivity index (χ1v) is 5.05. The molecule has 1 saturated heterocycles. The van der Waals surface area contributed by atoms with E-state index in [9.17, 15) is 14.8 Å². The number of hydrazone groups is 1. The zero-order valence-electron chi connectivity index (χ0n) is 9.16. The van der Waals surface area contributed by atoms with Crippen LogP contribution in [0.15, 0.2) is 29.4 Å². The fourth-order valence-corrected chi connectivity index (χ4v) is 1.46. The first kappa shape index (κ1) is 12.2. The van der Waals surface area contributed by atoms with E-state index < -0.39 is 17.2 Å². The van der Waals surface area contributed by atoms with Crippen LogP contribution < -0.4 is 10.5 Å². The molecule has 18 heavy (non-hydrogen) atoms. The second-order valence-electron chi connectivity index (χ2n) is 3.55. The summed E-state index contributed by atoms with van der Waals surface area (Å²) in [6, 6.07) is 5.61. The molecule has 0 bridgehead atoms. The molecule has 1 heterocycles. The molecule has 1 aromatic carbocycles. The van der Waals surface area contributed by atoms with Gasteiger partial charge in [0, 0.05) is 6.07 Å². The predicted molar refractivity (Wildman–Crippen MR) is 60.1 cm³/mol. The molecule has 0 saturated carbocycles. The lowest BCUT2D eigenvalue weighted by molar-refractivity contribution is -0.991. The van der Waals surface area contributed by atoms with Gasteiger partial charge >= 0.3 is 6.03 Å². The summed E-state index contributed by atoms with van der Waals surface area (Å²) in [5.74, 6) is -0.441. The maximum absolute atomic E-state index is 11.2. The Morgan fingerprint density at radius 2 is 2.17 bits per heavy atom. The first-order chi connectivity index (χ1) is 8.58. The van der Waals surface area contributed by atoms with Gasteiger partial charge < -0.3 is 5.21 Å². The number of hydrogen-bond acceptors (Lipinski definition) is 5. The SMILES string of the molecule is O=C1CN(N=Cc2ccccc2[NH+]([O-])O)C(=O)N1. The lowest BCUT2D eigenvalue weighted by Crippen LogP contribution is -2.99. The van der Waals surface area contributed by atoms with Crippen molar-refractivity contribution in [2.45, 2.75) is 0 Å². The molecule has 1 aliphatic rings. The molecule has 1 atom stereocenters. The van der Waals surface area contributed by atoms with Gasteiger partial charge in [0.05, 0.1) is 11.8 Å². The van der Waals surface area contributed by atoms with E-state index in [0.717, 1.165) is 5.01 Å². The van der Waals surface area contributed by atoms with E-state index in [-0.39, 0.29) is 12.2 Å². The Labute approximate surface area is 102 Å². The van der Waals surface area contributed by atoms with E-state index in [1.54, 1.807) is 18.2 Å². The maximum atomic E-state index is 11.2. The molecule has 8 heteroatoms. The van der Waals surface area contributed by atoms with Gasteiger partial charge in [-0.2, -0.15) is 10.3 Å². The fraction of sp³-hybridized carbons (Fsp3) is 0.100. The van der Waals surface area contributed by atoms with Crippen LogP contribution in [0, 0.1) is 5.21 Å². The van der Waals surface area contributed by atoms with Crippen LogP contribution in [0.3, 0.4) is 0 Å². The molecule has 1 aromatic rings. The Bertz CT molecular complexity index is 514. The van der Waals surface area contributed by atoms with Crippen LogP contribution in [-0.4, -0.2) is 34.9 Å². The van der Waals surface area contributed by atoms with Crippen LogP contribution in [0.25, 0.3) is 0 Å². The molecule has 0 aliphatic carbocycles. The minimum Gasteiger partial charge on any atom is -0.595 e. The highest BCUT2D eigenvalue weighted by Crippen LogP contribution is 2.08. The molecule has 1 aliphatic heterocycles. The van der Waals surface area contributed by atoms with Gasteiger partial charge in [-0.15, -0.1) is 0 Å². The summed E-state index contributed by atoms with van der Waals surface area (Å²) in [5.41, 5.74) is 0.435. The number of carbonyl (C=O) groups excluding carboxylic acids is 2. The number of quaternary nitrogens is 1. The van der Waals surface area contributed by atoms with Gasteiger partial charge in [0.2, 0.25) is 5.91 Å². The van der Waals surface area contributed by atoms with Gasteiger partial charge in [-0.3, -0.25) is 10.1 Å². The molecular weight excluding hydrogens is 240 g/mol. The van der Waals surface area contributed by atoms with Crippen molar-refractivity contribution in [1.82, 2.24) is 10.3 Å². The standard InChI is InChI=1S/C10H10N4O4/c15-9-6-13(10(16)12-9)11-5-7-3-1-2-4-8(7)14(17)18/h1-5,14,17H,6H2,(H,12,15,16). The smallest absolute Gasteiger partial charge is 0.344 e. The van der Waals surface area contributed by atoms with E-state index >= 15 is 0 Å². The number of nitrogens with zero attached hydrogens (tertiary/aromatic N) is 2. The summed E-state index contributed by atoms with van der Waals surface area (Å²) in [7, 11) is 0. The maximum Gasteiger partial charge on any atom is 0.344 e. The third kappa shape index (κ3) is 2.51. The lowest BCUT2D eigenvalue weighted by atomic mass is 10.2. The normalized spacial score (nSPS) is 17.3. The Morgan fingerprint density at radius 3 is 2.78 bits per heavy atom. The third-order valence-corrected chi connectivity index (χ3v) is 2.30. The largest absolute Gasteiger partial charge is 0.595 e. The summed E-state index contributed by atoms with van der Waals surface area (Å²) >= 11 is 0. The molecule has 2 rings (SSSR count). The van der Waals surface area contributed by atoms with E-state index in [0.29, 0.717) is 5.56 Å². The fourth-order valence-electron chi connectivity index (χ4n) is 1.46. The van der Waals surface area contributed by atoms with Crippen LogP contribution in [-0.2, 0) is 4.79 Å². The highest BCUT2D eigenvalue weighted by atomic mass is 16.8. The number of benzene rings is 1. The van der Waals surface area contributed by atoms with Gasteiger partial charge in [-0.1, -0.05) is 12.1 Å². The average molecular weight is 250 g/mol. The molecule has 8 nitrogen and oxygen atoms in total. The number of hydrogen-bond donors (Lipinski definition) is 3. The highest BCUT2D eigenvalue weighted by Gasteiger charge is 2.26. The van der Waals surface area contributed by atoms with Crippen LogP contribution in [0.5, 0.6) is 0 Å². The summed E-state index contributed by atoms with van der Waals surface area (Å²) in [5, 5.41) is 25.6. The van der Waals surface area contributed by atoms with Crippen molar-refractivity contribution in [2.24, 2.45) is 5.10 Å². The molecule has 1 fully saturated rings. The molecular formula is C10H10N4O4. The number of amides is 3. The first-order valence-electron chi connectivity index (χ1n) is 5.05. The molecule has 94 valence electrons. The monoisotopic (exact) mass is 250 g/mol. The van der Waals surface area contributed by atoms with Crippen molar-refractivity contribution in [2.75, 3.05) is 6.54 Å². The number of carbonyl (C=O) groups is 2. The predicted octanol–water partition coefficient (Wildman–Crippen LogP) is -1.02. The summed E-state index contributed by atoms with van der Waals surface area (Å²) in [6.07, 6.45) is 1.24. The van der Waals surface area contributed by atoms with Crippen molar-refractivity contribution < 1.29 is 20.0 Å². The minimum atomic E-state index is -1.08. The van der Waals surface area contributed by atoms with Gasteiger partial charge in [-0.05, 0) is 6.07 Å². The van der Waals surface area contributed by atoms with Crippen LogP contribution in [0.2, 0.25) is 0 Å². The zero-order chi connectivity index (χ0) is 13.1. The highest BCUT2D eigenvalue weighted by molar-refractivity contribution is 6.02. The third-order valence-electron chi connectivity index (χ3n) is 2.30. The number of nitrogens with one attached hydrogen (secondary N) is 2. The summed E-state index contributed by atoms with van der Waals surface area (Å²) in [6.45, 7) is -0.162. The summed E-state index contributed by atoms with van der Waals surface area (Å²) < 4.78 is 0. The quantitative estimate of drug-likeness (QED) is 0.362. The van der Waals surface area contributed by atoms with E-state index in [4.69, 9.17) is 5.21 Å². The number of imide groups is 1. The van der Waals surface area contributed by atoms with Gasteiger partial charge in [-0.25, -0.2) is 15.0 Å². The second-order valence-corrected chi connectivity index (χ2v) is 3.55. The number of para-hydroxylation sites is 1. The topological polar surface area (TPSA) is 110 Å². The second kappa shape index (κ2) is 4.92. The van der Waals surface area contributed by atoms with Crippen molar-refractivity contribution in [3.8, 4) is 0 Å². The van der Waals surface area contributed by atoms with Crippen molar-refractivity contribution in [1.29, 1.82) is 0 Å². The Hall–Kier alpha value is -2.29. The van der Waals surface area contributed by atoms with Gasteiger partial charge in [0.15, 0.2) is 5.69 Å². The van der Waals surface area contributed by atoms with Crippen molar-refractivity contribution >= 4 is 23.8 Å². The molecule has 0 radical (unpaired) electrons. The van der Waals surface area contributed by atoms with Crippen LogP contribution in [0.4, 0.5) is 10.5 Å². The van der Waals surface area contributed by atoms with Gasteiger partial charge in [0.1, 0.15) is 6.54 Å². The van der Waals surface area contributed by atoms with E-state index in [1.165, 1.54) is 12.3 Å². The number of rotatable bonds is 3. The minimum absolute atomic E-state index is 0.0761. The molecule has 0 spiro atoms. The van der Waals surface area contributed by atoms with Crippen molar-refractivity contribution in [3.05, 3.63) is 35.0 Å². The molecule has 3 amide bonds. The Kier molecular flexibility index (Phi) is 3.33. The average Bonchev–Trinajstić information content (AvgIpc) is 2.65. The van der Waals surface area contributed by atoms with E-state index in [2.05, 4.69) is 10.4 Å². The van der Waals surface area contributed by atoms with Crippen LogP contribution in [0.1, 0.15) is 5.56 Å². The Balaban J connectivity index is 2.19. The van der Waals surface area contributed by atoms with Gasteiger partial charge in [0.25, 0.3) is 0 Å². The molecule has 0 aromatic heterocycles. The molecule has 1 unspecified atom stereocenters. The molecule has 3 N–H and O–H groups in total. The Morgan fingerprint density at radius 1 is 1.44 bits per heavy atom.